The van der Waals surface area contributed by atoms with E-state index in [1.54, 1.807) is 35.2 Å². The van der Waals surface area contributed by atoms with Gasteiger partial charge in [0.2, 0.25) is 5.91 Å². The topological polar surface area (TPSA) is 84.2 Å². The van der Waals surface area contributed by atoms with Gasteiger partial charge in [-0.15, -0.1) is 0 Å². The number of anilines is 1. The van der Waals surface area contributed by atoms with Crippen molar-refractivity contribution in [3.8, 4) is 16.9 Å². The standard InChI is InChI=1S/C33H34ClFN6O2/c1-8-22-14-19(5)30(28(36-22)18(3)4)41-32-24(15-25(34)29(37-32)23-12-10-11-13-26(23)35)31(38-33(41)43)40-17-20(6)39(16-21(40)7)27(42)9-2/h8-15,18,20-21H,1-2,16-17H2,3-7H3. The van der Waals surface area contributed by atoms with Crippen LogP contribution in [-0.4, -0.2) is 55.5 Å². The summed E-state index contributed by atoms with van der Waals surface area (Å²) in [6.07, 6.45) is 2.97. The molecule has 0 N–H and O–H groups in total. The second-order valence-corrected chi connectivity index (χ2v) is 11.6. The molecule has 8 nitrogen and oxygen atoms in total. The summed E-state index contributed by atoms with van der Waals surface area (Å²) in [6.45, 7) is 18.1. The van der Waals surface area contributed by atoms with Crippen LogP contribution in [0.25, 0.3) is 34.1 Å². The zero-order valence-corrected chi connectivity index (χ0v) is 25.7. The number of amides is 1. The number of halogens is 2. The molecule has 3 aromatic heterocycles. The van der Waals surface area contributed by atoms with Crippen LogP contribution in [-0.2, 0) is 4.79 Å². The van der Waals surface area contributed by atoms with E-state index in [1.807, 2.05) is 45.6 Å². The molecule has 0 spiro atoms. The SMILES string of the molecule is C=CC(=O)N1CC(C)N(c2nc(=O)n(-c3c(C)cc(C=C)nc3C(C)C)c3nc(-c4ccccc4F)c(Cl)cc23)CC1C. The number of aromatic nitrogens is 4. The molecule has 0 radical (unpaired) electrons. The molecule has 0 saturated carbocycles. The van der Waals surface area contributed by atoms with Crippen LogP contribution in [0, 0.1) is 12.7 Å². The summed E-state index contributed by atoms with van der Waals surface area (Å²) in [7, 11) is 0. The minimum absolute atomic E-state index is 0.0510. The largest absolute Gasteiger partial charge is 0.355 e. The number of hydrogen-bond acceptors (Lipinski definition) is 6. The first-order valence-electron chi connectivity index (χ1n) is 14.2. The molecule has 0 bridgehead atoms. The van der Waals surface area contributed by atoms with Crippen molar-refractivity contribution < 1.29 is 9.18 Å². The Morgan fingerprint density at radius 1 is 1.09 bits per heavy atom. The molecule has 1 saturated heterocycles. The van der Waals surface area contributed by atoms with Crippen LogP contribution in [0.3, 0.4) is 0 Å². The van der Waals surface area contributed by atoms with Crippen molar-refractivity contribution in [1.29, 1.82) is 0 Å². The summed E-state index contributed by atoms with van der Waals surface area (Å²) in [5.41, 5.74) is 2.85. The first kappa shape index (κ1) is 30.1. The van der Waals surface area contributed by atoms with Gasteiger partial charge in [-0.05, 0) is 68.7 Å². The molecular formula is C33H34ClFN6O2. The van der Waals surface area contributed by atoms with E-state index in [4.69, 9.17) is 21.6 Å². The maximum atomic E-state index is 15.0. The van der Waals surface area contributed by atoms with Gasteiger partial charge >= 0.3 is 5.69 Å². The number of benzene rings is 1. The van der Waals surface area contributed by atoms with Crippen molar-refractivity contribution in [2.75, 3.05) is 18.0 Å². The van der Waals surface area contributed by atoms with Crippen LogP contribution < -0.4 is 10.6 Å². The molecule has 4 aromatic rings. The van der Waals surface area contributed by atoms with E-state index in [9.17, 15) is 9.59 Å². The zero-order valence-electron chi connectivity index (χ0n) is 24.9. The highest BCUT2D eigenvalue weighted by atomic mass is 35.5. The van der Waals surface area contributed by atoms with Crippen molar-refractivity contribution in [1.82, 2.24) is 24.4 Å². The molecule has 2 atom stereocenters. The molecule has 1 aliphatic heterocycles. The summed E-state index contributed by atoms with van der Waals surface area (Å²) in [5, 5.41) is 0.738. The smallest absolute Gasteiger partial charge is 0.349 e. The average molecular weight is 601 g/mol. The van der Waals surface area contributed by atoms with Gasteiger partial charge in [0, 0.05) is 30.7 Å². The fourth-order valence-electron chi connectivity index (χ4n) is 5.73. The third-order valence-electron chi connectivity index (χ3n) is 7.86. The number of rotatable bonds is 6. The third kappa shape index (κ3) is 5.33. The quantitative estimate of drug-likeness (QED) is 0.241. The Morgan fingerprint density at radius 3 is 2.47 bits per heavy atom. The van der Waals surface area contributed by atoms with Crippen molar-refractivity contribution >= 4 is 40.4 Å². The summed E-state index contributed by atoms with van der Waals surface area (Å²) in [6, 6.07) is 9.43. The monoisotopic (exact) mass is 600 g/mol. The maximum Gasteiger partial charge on any atom is 0.355 e. The normalized spacial score (nSPS) is 17.0. The third-order valence-corrected chi connectivity index (χ3v) is 8.14. The lowest BCUT2D eigenvalue weighted by molar-refractivity contribution is -0.128. The Kier molecular flexibility index (Phi) is 8.21. The lowest BCUT2D eigenvalue weighted by atomic mass is 10.0. The molecule has 4 heterocycles. The van der Waals surface area contributed by atoms with Gasteiger partial charge in [-0.3, -0.25) is 9.78 Å². The molecular weight excluding hydrogens is 567 g/mol. The number of hydrogen-bond donors (Lipinski definition) is 0. The molecule has 0 aliphatic carbocycles. The van der Waals surface area contributed by atoms with Crippen LogP contribution in [0.2, 0.25) is 5.02 Å². The van der Waals surface area contributed by atoms with Gasteiger partial charge in [-0.1, -0.05) is 50.7 Å². The lowest BCUT2D eigenvalue weighted by Crippen LogP contribution is -2.58. The number of fused-ring (bicyclic) bond motifs is 1. The van der Waals surface area contributed by atoms with E-state index in [0.29, 0.717) is 41.4 Å². The molecule has 1 aliphatic rings. The minimum atomic E-state index is -0.556. The second-order valence-electron chi connectivity index (χ2n) is 11.2. The molecule has 222 valence electrons. The van der Waals surface area contributed by atoms with Crippen molar-refractivity contribution in [2.45, 2.75) is 52.6 Å². The van der Waals surface area contributed by atoms with Gasteiger partial charge in [0.15, 0.2) is 5.65 Å². The number of pyridine rings is 2. The zero-order chi connectivity index (χ0) is 31.2. The predicted molar refractivity (Wildman–Crippen MR) is 170 cm³/mol. The van der Waals surface area contributed by atoms with Crippen molar-refractivity contribution in [3.63, 3.8) is 0 Å². The molecule has 10 heteroatoms. The van der Waals surface area contributed by atoms with Crippen LogP contribution in [0.5, 0.6) is 0 Å². The summed E-state index contributed by atoms with van der Waals surface area (Å²) < 4.78 is 16.5. The summed E-state index contributed by atoms with van der Waals surface area (Å²) in [5.74, 6) is -0.292. The number of carbonyl (C=O) groups excluding carboxylic acids is 1. The van der Waals surface area contributed by atoms with Gasteiger partial charge in [0.25, 0.3) is 0 Å². The Hall–Kier alpha value is -4.37. The minimum Gasteiger partial charge on any atom is -0.349 e. The van der Waals surface area contributed by atoms with E-state index in [1.165, 1.54) is 16.7 Å². The highest BCUT2D eigenvalue weighted by Gasteiger charge is 2.34. The Balaban J connectivity index is 1.85. The lowest BCUT2D eigenvalue weighted by Gasteiger charge is -2.44. The van der Waals surface area contributed by atoms with Crippen molar-refractivity contribution in [2.24, 2.45) is 0 Å². The van der Waals surface area contributed by atoms with Crippen molar-refractivity contribution in [3.05, 3.63) is 93.9 Å². The number of aryl methyl sites for hydroxylation is 1. The van der Waals surface area contributed by atoms with Crippen LogP contribution in [0.4, 0.5) is 10.2 Å². The summed E-state index contributed by atoms with van der Waals surface area (Å²) >= 11 is 6.81. The Bertz CT molecular complexity index is 1830. The van der Waals surface area contributed by atoms with Gasteiger partial charge in [0.1, 0.15) is 11.6 Å². The maximum absolute atomic E-state index is 15.0. The number of carbonyl (C=O) groups is 1. The molecule has 43 heavy (non-hydrogen) atoms. The van der Waals surface area contributed by atoms with E-state index in [2.05, 4.69) is 18.1 Å². The molecule has 2 unspecified atom stereocenters. The second kappa shape index (κ2) is 11.7. The predicted octanol–water partition coefficient (Wildman–Crippen LogP) is 6.32. The van der Waals surface area contributed by atoms with Gasteiger partial charge in [-0.2, -0.15) is 4.98 Å². The highest BCUT2D eigenvalue weighted by Crippen LogP contribution is 2.36. The highest BCUT2D eigenvalue weighted by molar-refractivity contribution is 6.33. The molecule has 5 rings (SSSR count). The van der Waals surface area contributed by atoms with Crippen LogP contribution >= 0.6 is 11.6 Å². The molecule has 1 aromatic carbocycles. The first-order chi connectivity index (χ1) is 20.5. The van der Waals surface area contributed by atoms with E-state index >= 15 is 4.39 Å². The first-order valence-corrected chi connectivity index (χ1v) is 14.6. The van der Waals surface area contributed by atoms with Gasteiger partial charge in [-0.25, -0.2) is 18.7 Å². The molecule has 1 fully saturated rings. The molecule has 1 amide bonds. The van der Waals surface area contributed by atoms with E-state index in [0.717, 1.165) is 5.56 Å². The van der Waals surface area contributed by atoms with Gasteiger partial charge in [0.05, 0.1) is 33.2 Å². The summed E-state index contributed by atoms with van der Waals surface area (Å²) in [4.78, 5) is 44.7. The fraction of sp³-hybridized carbons (Fsp3) is 0.303. The van der Waals surface area contributed by atoms with E-state index < -0.39 is 11.5 Å². The fourth-order valence-corrected chi connectivity index (χ4v) is 5.98. The Morgan fingerprint density at radius 2 is 1.81 bits per heavy atom. The van der Waals surface area contributed by atoms with E-state index in [-0.39, 0.29) is 45.8 Å². The van der Waals surface area contributed by atoms with Gasteiger partial charge < -0.3 is 9.80 Å². The average Bonchev–Trinajstić information content (AvgIpc) is 2.97. The van der Waals surface area contributed by atoms with Crippen LogP contribution in [0.15, 0.2) is 60.4 Å². The number of piperazine rings is 1. The Labute approximate surface area is 255 Å². The van der Waals surface area contributed by atoms with Crippen LogP contribution in [0.1, 0.15) is 50.6 Å². The number of nitrogens with zero attached hydrogens (tertiary/aromatic N) is 6.